The van der Waals surface area contributed by atoms with E-state index in [1.54, 1.807) is 0 Å². The smallest absolute Gasteiger partial charge is 0.277 e. The lowest BCUT2D eigenvalue weighted by atomic mass is 10.2. The van der Waals surface area contributed by atoms with Gasteiger partial charge in [0.1, 0.15) is 5.70 Å². The molecule has 5 heteroatoms. The van der Waals surface area contributed by atoms with Crippen LogP contribution in [-0.2, 0) is 9.59 Å². The number of thiophene rings is 1. The molecule has 3 heterocycles. The molecule has 0 bridgehead atoms. The third-order valence-corrected chi connectivity index (χ3v) is 4.96. The summed E-state index contributed by atoms with van der Waals surface area (Å²) in [5.41, 5.74) is 1.25. The van der Waals surface area contributed by atoms with Crippen LogP contribution in [0.25, 0.3) is 5.57 Å². The average molecular weight is 304 g/mol. The second kappa shape index (κ2) is 6.02. The minimum atomic E-state index is -0.113. The lowest BCUT2D eigenvalue weighted by Gasteiger charge is -2.20. The van der Waals surface area contributed by atoms with E-state index in [0.29, 0.717) is 17.8 Å². The molecule has 1 fully saturated rings. The fourth-order valence-corrected chi connectivity index (χ4v) is 3.72. The normalized spacial score (nSPS) is 19.3. The molecule has 2 aliphatic rings. The van der Waals surface area contributed by atoms with E-state index < -0.39 is 0 Å². The van der Waals surface area contributed by atoms with Gasteiger partial charge < -0.3 is 4.90 Å². The summed E-state index contributed by atoms with van der Waals surface area (Å²) in [5.74, 6) is -0.212. The molecular formula is C16H20N2O2S. The van der Waals surface area contributed by atoms with Gasteiger partial charge in [0.15, 0.2) is 0 Å². The van der Waals surface area contributed by atoms with Gasteiger partial charge in [-0.05, 0) is 30.7 Å². The highest BCUT2D eigenvalue weighted by Crippen LogP contribution is 2.35. The lowest BCUT2D eigenvalue weighted by molar-refractivity contribution is -0.137. The number of carbonyl (C=O) groups is 2. The van der Waals surface area contributed by atoms with Crippen molar-refractivity contribution in [3.8, 4) is 0 Å². The van der Waals surface area contributed by atoms with Crippen molar-refractivity contribution in [2.75, 3.05) is 19.6 Å². The van der Waals surface area contributed by atoms with Crippen molar-refractivity contribution in [1.82, 2.24) is 9.80 Å². The molecule has 1 saturated heterocycles. The second-order valence-corrected chi connectivity index (χ2v) is 6.46. The standard InChI is InChI=1S/C16H20N2O2S/c1-2-3-10-18-15(19)13(12-7-6-11-21-12)14(16(18)20)17-8-4-5-9-17/h6-7,11H,2-5,8-10H2,1H3. The Morgan fingerprint density at radius 3 is 2.57 bits per heavy atom. The van der Waals surface area contributed by atoms with E-state index >= 15 is 0 Å². The molecule has 2 aliphatic heterocycles. The molecule has 2 amide bonds. The summed E-state index contributed by atoms with van der Waals surface area (Å²) in [6, 6.07) is 3.87. The maximum atomic E-state index is 12.7. The maximum absolute atomic E-state index is 12.7. The van der Waals surface area contributed by atoms with Gasteiger partial charge in [0, 0.05) is 24.5 Å². The Morgan fingerprint density at radius 2 is 1.95 bits per heavy atom. The summed E-state index contributed by atoms with van der Waals surface area (Å²) in [6.45, 7) is 4.36. The number of hydrogen-bond acceptors (Lipinski definition) is 4. The van der Waals surface area contributed by atoms with E-state index in [4.69, 9.17) is 0 Å². The fourth-order valence-electron chi connectivity index (χ4n) is 2.96. The highest BCUT2D eigenvalue weighted by atomic mass is 32.1. The van der Waals surface area contributed by atoms with Crippen molar-refractivity contribution in [3.63, 3.8) is 0 Å². The van der Waals surface area contributed by atoms with Crippen LogP contribution < -0.4 is 0 Å². The molecular weight excluding hydrogens is 284 g/mol. The highest BCUT2D eigenvalue weighted by Gasteiger charge is 2.41. The van der Waals surface area contributed by atoms with Crippen LogP contribution in [0.15, 0.2) is 23.2 Å². The van der Waals surface area contributed by atoms with Crippen LogP contribution in [-0.4, -0.2) is 41.2 Å². The van der Waals surface area contributed by atoms with E-state index in [9.17, 15) is 9.59 Å². The van der Waals surface area contributed by atoms with Crippen molar-refractivity contribution in [1.29, 1.82) is 0 Å². The van der Waals surface area contributed by atoms with Crippen LogP contribution in [0.1, 0.15) is 37.5 Å². The molecule has 0 N–H and O–H groups in total. The summed E-state index contributed by atoms with van der Waals surface area (Å²) in [7, 11) is 0. The Balaban J connectivity index is 1.99. The van der Waals surface area contributed by atoms with Gasteiger partial charge >= 0.3 is 0 Å². The minimum absolute atomic E-state index is 0.0984. The zero-order chi connectivity index (χ0) is 14.8. The van der Waals surface area contributed by atoms with Gasteiger partial charge in [0.2, 0.25) is 0 Å². The van der Waals surface area contributed by atoms with Gasteiger partial charge in [0.25, 0.3) is 11.8 Å². The average Bonchev–Trinajstić information content (AvgIpc) is 3.19. The topological polar surface area (TPSA) is 40.6 Å². The number of amides is 2. The van der Waals surface area contributed by atoms with Gasteiger partial charge in [-0.3, -0.25) is 14.5 Å². The van der Waals surface area contributed by atoms with Gasteiger partial charge in [-0.25, -0.2) is 0 Å². The molecule has 1 aromatic heterocycles. The summed E-state index contributed by atoms with van der Waals surface area (Å²) < 4.78 is 0. The SMILES string of the molecule is CCCCN1C(=O)C(c2cccs2)=C(N2CCCC2)C1=O. The minimum Gasteiger partial charge on any atom is -0.366 e. The number of unbranched alkanes of at least 4 members (excludes halogenated alkanes) is 1. The van der Waals surface area contributed by atoms with Crippen molar-refractivity contribution in [2.24, 2.45) is 0 Å². The maximum Gasteiger partial charge on any atom is 0.277 e. The zero-order valence-corrected chi connectivity index (χ0v) is 13.1. The zero-order valence-electron chi connectivity index (χ0n) is 12.3. The number of carbonyl (C=O) groups excluding carboxylic acids is 2. The molecule has 0 aliphatic carbocycles. The van der Waals surface area contributed by atoms with Gasteiger partial charge in [-0.1, -0.05) is 19.4 Å². The number of rotatable bonds is 5. The van der Waals surface area contributed by atoms with Gasteiger partial charge in [0.05, 0.1) is 5.57 Å². The molecule has 4 nitrogen and oxygen atoms in total. The molecule has 0 unspecified atom stereocenters. The van der Waals surface area contributed by atoms with E-state index in [-0.39, 0.29) is 11.8 Å². The van der Waals surface area contributed by atoms with E-state index in [2.05, 4.69) is 11.8 Å². The number of likely N-dealkylation sites (tertiary alicyclic amines) is 1. The van der Waals surface area contributed by atoms with Crippen molar-refractivity contribution >= 4 is 28.7 Å². The summed E-state index contributed by atoms with van der Waals surface area (Å²) in [5, 5.41) is 1.95. The Labute approximate surface area is 129 Å². The molecule has 112 valence electrons. The summed E-state index contributed by atoms with van der Waals surface area (Å²) in [4.78, 5) is 29.9. The van der Waals surface area contributed by atoms with Crippen LogP contribution in [0.2, 0.25) is 0 Å². The predicted octanol–water partition coefficient (Wildman–Crippen LogP) is 2.72. The van der Waals surface area contributed by atoms with Crippen molar-refractivity contribution in [2.45, 2.75) is 32.6 Å². The number of nitrogens with zero attached hydrogens (tertiary/aromatic N) is 2. The Kier molecular flexibility index (Phi) is 4.10. The number of hydrogen-bond donors (Lipinski definition) is 0. The lowest BCUT2D eigenvalue weighted by Crippen LogP contribution is -2.35. The largest absolute Gasteiger partial charge is 0.366 e. The molecule has 3 rings (SSSR count). The Bertz CT molecular complexity index is 571. The first-order valence-electron chi connectivity index (χ1n) is 7.63. The van der Waals surface area contributed by atoms with Crippen LogP contribution in [0.4, 0.5) is 0 Å². The third kappa shape index (κ3) is 2.50. The van der Waals surface area contributed by atoms with Crippen LogP contribution in [0.3, 0.4) is 0 Å². The van der Waals surface area contributed by atoms with E-state index in [1.165, 1.54) is 16.2 Å². The third-order valence-electron chi connectivity index (χ3n) is 4.07. The van der Waals surface area contributed by atoms with Crippen molar-refractivity contribution < 1.29 is 9.59 Å². The Hall–Kier alpha value is -1.62. The van der Waals surface area contributed by atoms with Crippen LogP contribution >= 0.6 is 11.3 Å². The molecule has 0 radical (unpaired) electrons. The molecule has 0 aromatic carbocycles. The predicted molar refractivity (Wildman–Crippen MR) is 83.7 cm³/mol. The fraction of sp³-hybridized carbons (Fsp3) is 0.500. The van der Waals surface area contributed by atoms with Crippen LogP contribution in [0, 0.1) is 0 Å². The highest BCUT2D eigenvalue weighted by molar-refractivity contribution is 7.11. The van der Waals surface area contributed by atoms with Gasteiger partial charge in [-0.15, -0.1) is 11.3 Å². The molecule has 0 atom stereocenters. The molecule has 0 spiro atoms. The molecule has 1 aromatic rings. The quantitative estimate of drug-likeness (QED) is 0.785. The first kappa shape index (κ1) is 14.3. The summed E-state index contributed by atoms with van der Waals surface area (Å²) in [6.07, 6.45) is 4.03. The van der Waals surface area contributed by atoms with Crippen molar-refractivity contribution in [3.05, 3.63) is 28.1 Å². The first-order chi connectivity index (χ1) is 10.2. The Morgan fingerprint density at radius 1 is 1.19 bits per heavy atom. The van der Waals surface area contributed by atoms with E-state index in [1.807, 2.05) is 17.5 Å². The van der Waals surface area contributed by atoms with Gasteiger partial charge in [-0.2, -0.15) is 0 Å². The van der Waals surface area contributed by atoms with E-state index in [0.717, 1.165) is 43.6 Å². The monoisotopic (exact) mass is 304 g/mol. The molecule has 21 heavy (non-hydrogen) atoms. The van der Waals surface area contributed by atoms with Crippen LogP contribution in [0.5, 0.6) is 0 Å². The number of imide groups is 1. The summed E-state index contributed by atoms with van der Waals surface area (Å²) >= 11 is 1.53. The molecule has 0 saturated carbocycles. The second-order valence-electron chi connectivity index (χ2n) is 5.51. The first-order valence-corrected chi connectivity index (χ1v) is 8.51.